The smallest absolute Gasteiger partial charge is 0.166 e. The number of nitrogens with zero attached hydrogens (tertiary/aromatic N) is 1. The van der Waals surface area contributed by atoms with Crippen LogP contribution in [0, 0.1) is 11.7 Å². The van der Waals surface area contributed by atoms with E-state index in [2.05, 4.69) is 4.98 Å². The Morgan fingerprint density at radius 3 is 2.54 bits per heavy atom. The number of benzene rings is 3. The number of hydrogen-bond acceptors (Lipinski definition) is 4. The van der Waals surface area contributed by atoms with E-state index >= 15 is 0 Å². The number of methoxy groups -OCH3 is 1. The van der Waals surface area contributed by atoms with Gasteiger partial charge in [0.05, 0.1) is 12.7 Å². The van der Waals surface area contributed by atoms with Crippen molar-refractivity contribution in [2.75, 3.05) is 7.11 Å². The highest BCUT2D eigenvalue weighted by molar-refractivity contribution is 5.96. The molecule has 4 aromatic rings. The van der Waals surface area contributed by atoms with Crippen molar-refractivity contribution < 1.29 is 18.7 Å². The zero-order valence-electron chi connectivity index (χ0n) is 19.5. The molecule has 1 aliphatic carbocycles. The van der Waals surface area contributed by atoms with E-state index in [1.54, 1.807) is 31.6 Å². The molecule has 1 heterocycles. The minimum Gasteiger partial charge on any atom is -0.497 e. The van der Waals surface area contributed by atoms with Gasteiger partial charge < -0.3 is 4.74 Å². The first-order valence-corrected chi connectivity index (χ1v) is 11.8. The number of carbonyl (C=O) groups is 2. The van der Waals surface area contributed by atoms with Crippen LogP contribution in [0.3, 0.4) is 0 Å². The van der Waals surface area contributed by atoms with Crippen LogP contribution in [0.2, 0.25) is 0 Å². The second-order valence-electron chi connectivity index (χ2n) is 9.16. The Kier molecular flexibility index (Phi) is 6.41. The summed E-state index contributed by atoms with van der Waals surface area (Å²) >= 11 is 0. The van der Waals surface area contributed by atoms with E-state index in [1.807, 2.05) is 48.5 Å². The van der Waals surface area contributed by atoms with Gasteiger partial charge in [-0.05, 0) is 71.2 Å². The normalized spacial score (nSPS) is 16.7. The van der Waals surface area contributed by atoms with Crippen LogP contribution in [-0.2, 0) is 17.6 Å². The number of pyridine rings is 1. The molecule has 35 heavy (non-hydrogen) atoms. The van der Waals surface area contributed by atoms with E-state index in [9.17, 15) is 14.0 Å². The molecule has 0 radical (unpaired) electrons. The standard InChI is InChI=1S/C30H26FNO3/c1-35-24-8-3-19(4-9-24)5-11-29(33)25-10-7-22(16-28(25)31)26-17-27(26)30(34)15-20-2-6-23-18-32-13-12-21(23)14-20/h2-4,6-10,12-14,16,18,26-27H,5,11,15,17H2,1H3/t26-,27+/m0/s1. The lowest BCUT2D eigenvalue weighted by Gasteiger charge is -2.07. The molecular formula is C30H26FNO3. The molecule has 0 spiro atoms. The van der Waals surface area contributed by atoms with Gasteiger partial charge >= 0.3 is 0 Å². The predicted molar refractivity (Wildman–Crippen MR) is 133 cm³/mol. The van der Waals surface area contributed by atoms with Gasteiger partial charge in [-0.2, -0.15) is 0 Å². The molecule has 0 bridgehead atoms. The highest BCUT2D eigenvalue weighted by atomic mass is 19.1. The van der Waals surface area contributed by atoms with Crippen molar-refractivity contribution in [2.24, 2.45) is 5.92 Å². The third-order valence-corrected chi connectivity index (χ3v) is 6.81. The molecule has 176 valence electrons. The van der Waals surface area contributed by atoms with Crippen LogP contribution in [0.1, 0.15) is 45.8 Å². The number of hydrogen-bond donors (Lipinski definition) is 0. The summed E-state index contributed by atoms with van der Waals surface area (Å²) in [5.41, 5.74) is 2.87. The second-order valence-corrected chi connectivity index (χ2v) is 9.16. The summed E-state index contributed by atoms with van der Waals surface area (Å²) in [7, 11) is 1.60. The van der Waals surface area contributed by atoms with Crippen molar-refractivity contribution in [2.45, 2.75) is 31.6 Å². The van der Waals surface area contributed by atoms with Crippen LogP contribution in [0.5, 0.6) is 5.75 Å². The van der Waals surface area contributed by atoms with E-state index in [0.717, 1.165) is 39.6 Å². The van der Waals surface area contributed by atoms with Crippen molar-refractivity contribution in [3.05, 3.63) is 107 Å². The fraction of sp³-hybridized carbons (Fsp3) is 0.233. The van der Waals surface area contributed by atoms with Gasteiger partial charge in [-0.15, -0.1) is 0 Å². The van der Waals surface area contributed by atoms with Crippen LogP contribution >= 0.6 is 0 Å². The first-order chi connectivity index (χ1) is 17.0. The van der Waals surface area contributed by atoms with Gasteiger partial charge in [0.1, 0.15) is 17.3 Å². The fourth-order valence-corrected chi connectivity index (χ4v) is 4.67. The molecule has 3 aromatic carbocycles. The molecule has 1 fully saturated rings. The largest absolute Gasteiger partial charge is 0.497 e. The highest BCUT2D eigenvalue weighted by Gasteiger charge is 2.43. The third kappa shape index (κ3) is 5.14. The number of Topliss-reactive ketones (excluding diaryl/α,β-unsaturated/α-hetero) is 2. The molecule has 0 saturated heterocycles. The van der Waals surface area contributed by atoms with Gasteiger partial charge in [0.2, 0.25) is 0 Å². The minimum atomic E-state index is -0.511. The summed E-state index contributed by atoms with van der Waals surface area (Å²) in [6, 6.07) is 20.2. The molecule has 5 heteroatoms. The van der Waals surface area contributed by atoms with Gasteiger partial charge in [0, 0.05) is 36.5 Å². The summed E-state index contributed by atoms with van der Waals surface area (Å²) in [6.45, 7) is 0. The van der Waals surface area contributed by atoms with E-state index in [0.29, 0.717) is 12.8 Å². The zero-order valence-corrected chi connectivity index (χ0v) is 19.5. The maximum atomic E-state index is 14.8. The Morgan fingerprint density at radius 2 is 1.77 bits per heavy atom. The van der Waals surface area contributed by atoms with Crippen LogP contribution in [0.4, 0.5) is 4.39 Å². The minimum absolute atomic E-state index is 0.0186. The number of rotatable bonds is 9. The monoisotopic (exact) mass is 467 g/mol. The number of ketones is 2. The van der Waals surface area contributed by atoms with Crippen molar-refractivity contribution in [3.63, 3.8) is 0 Å². The lowest BCUT2D eigenvalue weighted by molar-refractivity contribution is -0.119. The second kappa shape index (κ2) is 9.79. The van der Waals surface area contributed by atoms with Gasteiger partial charge in [-0.1, -0.05) is 36.4 Å². The average Bonchev–Trinajstić information content (AvgIpc) is 3.69. The number of aryl methyl sites for hydroxylation is 1. The molecule has 0 unspecified atom stereocenters. The van der Waals surface area contributed by atoms with Gasteiger partial charge in [0.15, 0.2) is 5.78 Å². The first-order valence-electron chi connectivity index (χ1n) is 11.8. The molecule has 0 amide bonds. The SMILES string of the molecule is COc1ccc(CCC(=O)c2ccc([C@@H]3C[C@H]3C(=O)Cc3ccc4cnccc4c3)cc2F)cc1. The summed E-state index contributed by atoms with van der Waals surface area (Å²) in [5.74, 6) is 0.115. The van der Waals surface area contributed by atoms with Crippen molar-refractivity contribution in [3.8, 4) is 5.75 Å². The van der Waals surface area contributed by atoms with Crippen LogP contribution in [-0.4, -0.2) is 23.7 Å². The predicted octanol–water partition coefficient (Wildman–Crippen LogP) is 6.11. The Hall–Kier alpha value is -3.86. The Bertz CT molecular complexity index is 1400. The summed E-state index contributed by atoms with van der Waals surface area (Å²) in [4.78, 5) is 29.6. The van der Waals surface area contributed by atoms with Crippen LogP contribution in [0.25, 0.3) is 10.8 Å². The average molecular weight is 468 g/mol. The van der Waals surface area contributed by atoms with Crippen molar-refractivity contribution >= 4 is 22.3 Å². The van der Waals surface area contributed by atoms with E-state index in [4.69, 9.17) is 4.74 Å². The topological polar surface area (TPSA) is 56.3 Å². The molecule has 1 aliphatic rings. The Labute approximate surface area is 203 Å². The zero-order chi connectivity index (χ0) is 24.4. The molecule has 2 atom stereocenters. The quantitative estimate of drug-likeness (QED) is 0.279. The highest BCUT2D eigenvalue weighted by Crippen LogP contribution is 2.48. The van der Waals surface area contributed by atoms with Crippen molar-refractivity contribution in [1.82, 2.24) is 4.98 Å². The maximum absolute atomic E-state index is 14.8. The molecule has 4 nitrogen and oxygen atoms in total. The third-order valence-electron chi connectivity index (χ3n) is 6.81. The fourth-order valence-electron chi connectivity index (χ4n) is 4.67. The van der Waals surface area contributed by atoms with E-state index in [1.165, 1.54) is 6.07 Å². The van der Waals surface area contributed by atoms with Gasteiger partial charge in [0.25, 0.3) is 0 Å². The van der Waals surface area contributed by atoms with Gasteiger partial charge in [-0.3, -0.25) is 14.6 Å². The lowest BCUT2D eigenvalue weighted by Crippen LogP contribution is -2.07. The lowest BCUT2D eigenvalue weighted by atomic mass is 9.98. The van der Waals surface area contributed by atoms with Crippen LogP contribution < -0.4 is 4.74 Å². The first kappa shape index (κ1) is 22.9. The molecule has 5 rings (SSSR count). The number of aromatic nitrogens is 1. The molecule has 0 N–H and O–H groups in total. The summed E-state index contributed by atoms with van der Waals surface area (Å²) < 4.78 is 20.0. The van der Waals surface area contributed by atoms with Crippen molar-refractivity contribution in [1.29, 1.82) is 0 Å². The molecule has 1 saturated carbocycles. The Morgan fingerprint density at radius 1 is 0.971 bits per heavy atom. The van der Waals surface area contributed by atoms with Crippen LogP contribution in [0.15, 0.2) is 79.1 Å². The summed E-state index contributed by atoms with van der Waals surface area (Å²) in [5, 5.41) is 2.11. The summed E-state index contributed by atoms with van der Waals surface area (Å²) in [6.07, 6.45) is 5.40. The number of fused-ring (bicyclic) bond motifs is 1. The van der Waals surface area contributed by atoms with E-state index in [-0.39, 0.29) is 35.4 Å². The number of ether oxygens (including phenoxy) is 1. The van der Waals surface area contributed by atoms with E-state index < -0.39 is 5.82 Å². The molecular weight excluding hydrogens is 441 g/mol. The van der Waals surface area contributed by atoms with Gasteiger partial charge in [-0.25, -0.2) is 4.39 Å². The molecule has 0 aliphatic heterocycles. The molecule has 1 aromatic heterocycles. The number of carbonyl (C=O) groups excluding carboxylic acids is 2. The maximum Gasteiger partial charge on any atom is 0.166 e. The Balaban J connectivity index is 1.19. The number of halogens is 1.